The molecule has 2 atom stereocenters. The number of fused-ring (bicyclic) bond motifs is 2. The van der Waals surface area contributed by atoms with Gasteiger partial charge in [0.15, 0.2) is 0 Å². The van der Waals surface area contributed by atoms with Crippen LogP contribution in [0.25, 0.3) is 22.2 Å². The number of benzene rings is 1. The Morgan fingerprint density at radius 3 is 2.89 bits per heavy atom. The number of piperidine rings is 1. The van der Waals surface area contributed by atoms with Gasteiger partial charge in [-0.05, 0) is 38.9 Å². The van der Waals surface area contributed by atoms with Crippen LogP contribution in [0.3, 0.4) is 0 Å². The molecule has 6 nitrogen and oxygen atoms in total. The van der Waals surface area contributed by atoms with Crippen LogP contribution in [-0.2, 0) is 10.2 Å². The predicted octanol–water partition coefficient (Wildman–Crippen LogP) is 3.20. The van der Waals surface area contributed by atoms with Crippen molar-refractivity contribution in [3.8, 4) is 11.3 Å². The summed E-state index contributed by atoms with van der Waals surface area (Å²) in [5, 5.41) is 11.8. The van der Waals surface area contributed by atoms with Crippen LogP contribution >= 0.6 is 0 Å². The Balaban J connectivity index is 1.75. The van der Waals surface area contributed by atoms with E-state index in [-0.39, 0.29) is 11.9 Å². The summed E-state index contributed by atoms with van der Waals surface area (Å²) in [5.74, 6) is 0.504. The van der Waals surface area contributed by atoms with Gasteiger partial charge in [-0.25, -0.2) is 9.37 Å². The quantitative estimate of drug-likeness (QED) is 0.717. The molecule has 28 heavy (non-hydrogen) atoms. The van der Waals surface area contributed by atoms with Gasteiger partial charge in [-0.15, -0.1) is 0 Å². The van der Waals surface area contributed by atoms with Crippen molar-refractivity contribution in [1.29, 1.82) is 0 Å². The number of halogens is 1. The fourth-order valence-corrected chi connectivity index (χ4v) is 4.39. The highest BCUT2D eigenvalue weighted by atomic mass is 19.1. The third kappa shape index (κ3) is 2.39. The molecule has 1 saturated heterocycles. The molecule has 2 N–H and O–H groups in total. The number of carbonyl (C=O) groups is 1. The summed E-state index contributed by atoms with van der Waals surface area (Å²) in [6.45, 7) is 4.89. The Bertz CT molecular complexity index is 1090. The zero-order chi connectivity index (χ0) is 19.5. The average molecular weight is 379 g/mol. The van der Waals surface area contributed by atoms with Crippen LogP contribution in [-0.4, -0.2) is 39.9 Å². The lowest BCUT2D eigenvalue weighted by Crippen LogP contribution is -2.39. The van der Waals surface area contributed by atoms with E-state index in [9.17, 15) is 9.18 Å². The van der Waals surface area contributed by atoms with Crippen LogP contribution in [0.2, 0.25) is 0 Å². The first-order chi connectivity index (χ1) is 13.5. The SMILES string of the molecule is CC1(C)C(=O)Nc2nccc(-c3nn([C@H]4CCNC[C@@H]4F)c4ccccc34)c21. The fraction of sp³-hybridized carbons (Fsp3) is 0.381. The minimum atomic E-state index is -0.993. The predicted molar refractivity (Wildman–Crippen MR) is 106 cm³/mol. The van der Waals surface area contributed by atoms with Gasteiger partial charge in [-0.3, -0.25) is 9.48 Å². The molecule has 2 aliphatic heterocycles. The molecule has 5 rings (SSSR count). The molecule has 3 aromatic rings. The second-order valence-corrected chi connectivity index (χ2v) is 8.05. The zero-order valence-corrected chi connectivity index (χ0v) is 15.9. The monoisotopic (exact) mass is 379 g/mol. The second-order valence-electron chi connectivity index (χ2n) is 8.05. The van der Waals surface area contributed by atoms with E-state index < -0.39 is 11.6 Å². The Kier molecular flexibility index (Phi) is 3.77. The molecule has 2 aromatic heterocycles. The van der Waals surface area contributed by atoms with Crippen LogP contribution in [0.5, 0.6) is 0 Å². The first-order valence-corrected chi connectivity index (χ1v) is 9.62. The summed E-state index contributed by atoms with van der Waals surface area (Å²) in [5.41, 5.74) is 2.68. The van der Waals surface area contributed by atoms with E-state index in [4.69, 9.17) is 5.10 Å². The third-order valence-electron chi connectivity index (χ3n) is 5.93. The van der Waals surface area contributed by atoms with Gasteiger partial charge in [0.25, 0.3) is 0 Å². The Morgan fingerprint density at radius 2 is 2.07 bits per heavy atom. The van der Waals surface area contributed by atoms with Gasteiger partial charge in [0, 0.05) is 29.3 Å². The largest absolute Gasteiger partial charge is 0.314 e. The van der Waals surface area contributed by atoms with Gasteiger partial charge in [0.05, 0.1) is 17.0 Å². The Hall–Kier alpha value is -2.80. The molecule has 4 heterocycles. The molecule has 1 aromatic carbocycles. The maximum atomic E-state index is 14.7. The highest BCUT2D eigenvalue weighted by Crippen LogP contribution is 2.44. The van der Waals surface area contributed by atoms with E-state index in [0.29, 0.717) is 18.8 Å². The molecule has 2 aliphatic rings. The van der Waals surface area contributed by atoms with E-state index >= 15 is 0 Å². The smallest absolute Gasteiger partial charge is 0.235 e. The van der Waals surface area contributed by atoms with Crippen LogP contribution in [0.15, 0.2) is 36.5 Å². The lowest BCUT2D eigenvalue weighted by Gasteiger charge is -2.27. The number of hydrogen-bond acceptors (Lipinski definition) is 4. The average Bonchev–Trinajstić information content (AvgIpc) is 3.18. The second kappa shape index (κ2) is 6.10. The van der Waals surface area contributed by atoms with Crippen molar-refractivity contribution in [3.05, 3.63) is 42.1 Å². The number of nitrogens with one attached hydrogen (secondary N) is 2. The maximum Gasteiger partial charge on any atom is 0.235 e. The number of hydrogen-bond donors (Lipinski definition) is 2. The third-order valence-corrected chi connectivity index (χ3v) is 5.93. The van der Waals surface area contributed by atoms with Crippen molar-refractivity contribution < 1.29 is 9.18 Å². The topological polar surface area (TPSA) is 71.8 Å². The number of para-hydroxylation sites is 1. The number of anilines is 1. The molecule has 0 radical (unpaired) electrons. The van der Waals surface area contributed by atoms with Crippen molar-refractivity contribution in [2.24, 2.45) is 0 Å². The van der Waals surface area contributed by atoms with Gasteiger partial charge >= 0.3 is 0 Å². The van der Waals surface area contributed by atoms with Gasteiger partial charge in [0.1, 0.15) is 17.7 Å². The van der Waals surface area contributed by atoms with E-state index in [1.54, 1.807) is 6.20 Å². The van der Waals surface area contributed by atoms with E-state index in [1.165, 1.54) is 0 Å². The highest BCUT2D eigenvalue weighted by Gasteiger charge is 2.42. The lowest BCUT2D eigenvalue weighted by molar-refractivity contribution is -0.119. The summed E-state index contributed by atoms with van der Waals surface area (Å²) in [4.78, 5) is 16.8. The number of alkyl halides is 1. The number of amides is 1. The van der Waals surface area contributed by atoms with Crippen molar-refractivity contribution in [2.75, 3.05) is 18.4 Å². The van der Waals surface area contributed by atoms with Gasteiger partial charge in [0.2, 0.25) is 5.91 Å². The van der Waals surface area contributed by atoms with Gasteiger partial charge in [-0.1, -0.05) is 18.2 Å². The number of carbonyl (C=O) groups excluding carboxylic acids is 1. The van der Waals surface area contributed by atoms with Crippen LogP contribution in [0.1, 0.15) is 31.9 Å². The standard InChI is InChI=1S/C21H22FN5O/c1-21(2)17-13(7-10-24-19(17)25-20(21)28)18-12-5-3-4-6-15(12)27(26-18)16-8-9-23-11-14(16)22/h3-7,10,14,16,23H,8-9,11H2,1-2H3,(H,24,25,28)/t14-,16-/m0/s1. The van der Waals surface area contributed by atoms with E-state index in [2.05, 4.69) is 15.6 Å². The van der Waals surface area contributed by atoms with E-state index in [1.807, 2.05) is 48.9 Å². The van der Waals surface area contributed by atoms with Gasteiger partial charge < -0.3 is 10.6 Å². The van der Waals surface area contributed by atoms with Crippen molar-refractivity contribution >= 4 is 22.6 Å². The lowest BCUT2D eigenvalue weighted by atomic mass is 9.83. The van der Waals surface area contributed by atoms with Crippen molar-refractivity contribution in [2.45, 2.75) is 37.9 Å². The zero-order valence-electron chi connectivity index (χ0n) is 15.9. The molecule has 1 fully saturated rings. The van der Waals surface area contributed by atoms with Gasteiger partial charge in [-0.2, -0.15) is 5.10 Å². The normalized spacial score (nSPS) is 23.6. The number of aromatic nitrogens is 3. The molecule has 0 bridgehead atoms. The molecule has 0 aliphatic carbocycles. The summed E-state index contributed by atoms with van der Waals surface area (Å²) >= 11 is 0. The molecular formula is C21H22FN5O. The molecule has 0 spiro atoms. The van der Waals surface area contributed by atoms with Crippen LogP contribution in [0, 0.1) is 0 Å². The van der Waals surface area contributed by atoms with E-state index in [0.717, 1.165) is 34.3 Å². The molecule has 144 valence electrons. The molecule has 7 heteroatoms. The summed E-state index contributed by atoms with van der Waals surface area (Å²) in [7, 11) is 0. The first-order valence-electron chi connectivity index (χ1n) is 9.62. The summed E-state index contributed by atoms with van der Waals surface area (Å²) < 4.78 is 16.5. The minimum Gasteiger partial charge on any atom is -0.314 e. The molecule has 1 amide bonds. The molecule has 0 unspecified atom stereocenters. The number of pyridine rings is 1. The Morgan fingerprint density at radius 1 is 1.25 bits per heavy atom. The van der Waals surface area contributed by atoms with Crippen molar-refractivity contribution in [1.82, 2.24) is 20.1 Å². The first kappa shape index (κ1) is 17.3. The Labute approximate surface area is 162 Å². The number of nitrogens with zero attached hydrogens (tertiary/aromatic N) is 3. The van der Waals surface area contributed by atoms with Crippen LogP contribution in [0.4, 0.5) is 10.2 Å². The van der Waals surface area contributed by atoms with Crippen molar-refractivity contribution in [3.63, 3.8) is 0 Å². The highest BCUT2D eigenvalue weighted by molar-refractivity contribution is 6.08. The number of rotatable bonds is 2. The summed E-state index contributed by atoms with van der Waals surface area (Å²) in [6, 6.07) is 9.49. The fourth-order valence-electron chi connectivity index (χ4n) is 4.39. The minimum absolute atomic E-state index is 0.0756. The molecule has 0 saturated carbocycles. The maximum absolute atomic E-state index is 14.7. The summed E-state index contributed by atoms with van der Waals surface area (Å²) in [6.07, 6.45) is 1.38. The van der Waals surface area contributed by atoms with Crippen LogP contribution < -0.4 is 10.6 Å². The molecular weight excluding hydrogens is 357 g/mol.